The monoisotopic (exact) mass is 471 g/mol. The maximum Gasteiger partial charge on any atom is 0.416 e. The van der Waals surface area contributed by atoms with Crippen LogP contribution in [0.15, 0.2) is 83.5 Å². The molecule has 0 fully saturated rings. The summed E-state index contributed by atoms with van der Waals surface area (Å²) in [5.41, 5.74) is 0.863. The van der Waals surface area contributed by atoms with Crippen LogP contribution in [0.1, 0.15) is 11.4 Å². The zero-order valence-corrected chi connectivity index (χ0v) is 18.4. The van der Waals surface area contributed by atoms with Crippen molar-refractivity contribution < 1.29 is 18.0 Å². The zero-order valence-electron chi connectivity index (χ0n) is 17.6. The molecule has 0 spiro atoms. The molecule has 1 heterocycles. The third-order valence-corrected chi connectivity index (χ3v) is 5.29. The number of aromatic nitrogens is 3. The number of carbonyl (C=O) groups excluding carboxylic acids is 1. The third-order valence-electron chi connectivity index (χ3n) is 4.36. The van der Waals surface area contributed by atoms with Crippen molar-refractivity contribution in [3.8, 4) is 5.69 Å². The second kappa shape index (κ2) is 10.8. The summed E-state index contributed by atoms with van der Waals surface area (Å²) < 4.78 is 40.6. The van der Waals surface area contributed by atoms with Gasteiger partial charge < -0.3 is 5.32 Å². The molecular weight excluding hydrogens is 451 g/mol. The highest BCUT2D eigenvalue weighted by Gasteiger charge is 2.30. The molecule has 0 radical (unpaired) electrons. The summed E-state index contributed by atoms with van der Waals surface area (Å²) in [6.07, 6.45) is 0.297. The molecule has 0 aliphatic rings. The molecule has 0 bridgehead atoms. The Morgan fingerprint density at radius 2 is 1.85 bits per heavy atom. The molecule has 0 saturated carbocycles. The van der Waals surface area contributed by atoms with Gasteiger partial charge in [-0.1, -0.05) is 42.6 Å². The average molecular weight is 472 g/mol. The highest BCUT2D eigenvalue weighted by atomic mass is 32.2. The molecule has 0 atom stereocenters. The Hall–Kier alpha value is -3.66. The predicted molar refractivity (Wildman–Crippen MR) is 125 cm³/mol. The zero-order chi connectivity index (χ0) is 23.8. The number of thioether (sulfide) groups is 1. The number of para-hydroxylation sites is 1. The van der Waals surface area contributed by atoms with Crippen molar-refractivity contribution in [2.45, 2.75) is 11.3 Å². The van der Waals surface area contributed by atoms with Crippen molar-refractivity contribution in [2.75, 3.05) is 18.1 Å². The molecule has 170 valence electrons. The van der Waals surface area contributed by atoms with E-state index in [9.17, 15) is 18.0 Å². The summed E-state index contributed by atoms with van der Waals surface area (Å²) in [5.74, 6) is 0.125. The number of aliphatic imine (C=N–C) groups is 1. The fourth-order valence-electron chi connectivity index (χ4n) is 2.82. The second-order valence-corrected chi connectivity index (χ2v) is 7.57. The van der Waals surface area contributed by atoms with Crippen LogP contribution in [0, 0.1) is 0 Å². The van der Waals surface area contributed by atoms with Gasteiger partial charge in [-0.05, 0) is 42.5 Å². The van der Waals surface area contributed by atoms with Crippen LogP contribution in [0.2, 0.25) is 0 Å². The summed E-state index contributed by atoms with van der Waals surface area (Å²) >= 11 is 1.11. The van der Waals surface area contributed by atoms with Gasteiger partial charge in [0, 0.05) is 30.2 Å². The van der Waals surface area contributed by atoms with Gasteiger partial charge in [-0.25, -0.2) is 0 Å². The Morgan fingerprint density at radius 3 is 2.45 bits per heavy atom. The van der Waals surface area contributed by atoms with Gasteiger partial charge in [0.1, 0.15) is 0 Å². The minimum atomic E-state index is -4.45. The van der Waals surface area contributed by atoms with Crippen LogP contribution in [-0.4, -0.2) is 39.7 Å². The molecule has 3 aromatic rings. The first-order chi connectivity index (χ1) is 15.8. The summed E-state index contributed by atoms with van der Waals surface area (Å²) in [5, 5.41) is 11.5. The lowest BCUT2D eigenvalue weighted by atomic mass is 10.2. The van der Waals surface area contributed by atoms with Gasteiger partial charge in [0.25, 0.3) is 0 Å². The Morgan fingerprint density at radius 1 is 1.15 bits per heavy atom. The fourth-order valence-corrected chi connectivity index (χ4v) is 3.57. The van der Waals surface area contributed by atoms with E-state index in [0.29, 0.717) is 27.9 Å². The Labute approximate surface area is 193 Å². The van der Waals surface area contributed by atoms with E-state index in [1.54, 1.807) is 54.2 Å². The topological polar surface area (TPSA) is 72.2 Å². The number of halogens is 3. The normalized spacial score (nSPS) is 12.2. The van der Waals surface area contributed by atoms with E-state index < -0.39 is 11.7 Å². The number of nitrogens with one attached hydrogen (secondary N) is 1. The summed E-state index contributed by atoms with van der Waals surface area (Å²) in [7, 11) is 1.60. The number of allylic oxidation sites excluding steroid dienone is 3. The molecule has 6 nitrogen and oxygen atoms in total. The van der Waals surface area contributed by atoms with Crippen molar-refractivity contribution >= 4 is 35.1 Å². The van der Waals surface area contributed by atoms with E-state index >= 15 is 0 Å². The van der Waals surface area contributed by atoms with Crippen LogP contribution in [-0.2, 0) is 11.0 Å². The first-order valence-electron chi connectivity index (χ1n) is 9.69. The molecule has 0 aliphatic heterocycles. The lowest BCUT2D eigenvalue weighted by Crippen LogP contribution is -2.14. The molecule has 1 amide bonds. The lowest BCUT2D eigenvalue weighted by Gasteiger charge is -2.12. The minimum Gasteiger partial charge on any atom is -0.325 e. The number of nitrogens with zero attached hydrogens (tertiary/aromatic N) is 4. The highest BCUT2D eigenvalue weighted by Crippen LogP contribution is 2.31. The maximum atomic E-state index is 13.0. The number of anilines is 1. The van der Waals surface area contributed by atoms with Crippen molar-refractivity contribution in [3.05, 3.63) is 84.7 Å². The molecule has 0 unspecified atom stereocenters. The van der Waals surface area contributed by atoms with Crippen LogP contribution < -0.4 is 5.32 Å². The fraction of sp³-hybridized carbons (Fsp3) is 0.130. The van der Waals surface area contributed by atoms with Crippen LogP contribution in [0.3, 0.4) is 0 Å². The minimum absolute atomic E-state index is 0.0250. The number of hydrogen-bond acceptors (Lipinski definition) is 5. The standard InChI is InChI=1S/C23H20F3N5OS/c1-3-16(13-14-27-2)21-29-30-22(33-15-20(32)28-18-7-5-4-6-8-18)31(21)19-11-9-17(10-12-19)23(24,25)26/h3-14H,1,15H2,2H3,(H,28,32)/b16-13+,27-14-. The number of hydrogen-bond donors (Lipinski definition) is 1. The molecule has 33 heavy (non-hydrogen) atoms. The third kappa shape index (κ3) is 6.19. The van der Waals surface area contributed by atoms with Crippen LogP contribution in [0.5, 0.6) is 0 Å². The Kier molecular flexibility index (Phi) is 7.83. The quantitative estimate of drug-likeness (QED) is 0.275. The molecule has 10 heteroatoms. The molecule has 0 aliphatic carbocycles. The number of benzene rings is 2. The van der Waals surface area contributed by atoms with Gasteiger partial charge in [-0.15, -0.1) is 10.2 Å². The van der Waals surface area contributed by atoms with Crippen molar-refractivity contribution in [3.63, 3.8) is 0 Å². The Bertz CT molecular complexity index is 1170. The van der Waals surface area contributed by atoms with Crippen LogP contribution in [0.25, 0.3) is 11.3 Å². The van der Waals surface area contributed by atoms with Gasteiger partial charge >= 0.3 is 6.18 Å². The summed E-state index contributed by atoms with van der Waals surface area (Å²) in [6, 6.07) is 13.6. The van der Waals surface area contributed by atoms with Gasteiger partial charge in [0.2, 0.25) is 5.91 Å². The largest absolute Gasteiger partial charge is 0.416 e. The predicted octanol–water partition coefficient (Wildman–Crippen LogP) is 5.29. The van der Waals surface area contributed by atoms with E-state index in [2.05, 4.69) is 27.1 Å². The summed E-state index contributed by atoms with van der Waals surface area (Å²) in [4.78, 5) is 16.3. The van der Waals surface area contributed by atoms with E-state index in [0.717, 1.165) is 23.9 Å². The second-order valence-electron chi connectivity index (χ2n) is 6.62. The average Bonchev–Trinajstić information content (AvgIpc) is 3.22. The van der Waals surface area contributed by atoms with Gasteiger partial charge in [0.15, 0.2) is 11.0 Å². The number of alkyl halides is 3. The highest BCUT2D eigenvalue weighted by molar-refractivity contribution is 7.99. The first kappa shape index (κ1) is 24.0. The van der Waals surface area contributed by atoms with Gasteiger partial charge in [0.05, 0.1) is 11.3 Å². The maximum absolute atomic E-state index is 13.0. The number of rotatable bonds is 8. The summed E-state index contributed by atoms with van der Waals surface area (Å²) in [6.45, 7) is 3.77. The molecular formula is C23H20F3N5OS. The van der Waals surface area contributed by atoms with Gasteiger partial charge in [-0.2, -0.15) is 13.2 Å². The Balaban J connectivity index is 1.93. The van der Waals surface area contributed by atoms with Crippen molar-refractivity contribution in [2.24, 2.45) is 4.99 Å². The van der Waals surface area contributed by atoms with Gasteiger partial charge in [-0.3, -0.25) is 14.4 Å². The smallest absolute Gasteiger partial charge is 0.325 e. The van der Waals surface area contributed by atoms with Crippen molar-refractivity contribution in [1.82, 2.24) is 14.8 Å². The first-order valence-corrected chi connectivity index (χ1v) is 10.7. The molecule has 0 saturated heterocycles. The van der Waals surface area contributed by atoms with Crippen molar-refractivity contribution in [1.29, 1.82) is 0 Å². The van der Waals surface area contributed by atoms with E-state index in [1.807, 2.05) is 6.07 Å². The lowest BCUT2D eigenvalue weighted by molar-refractivity contribution is -0.137. The molecule has 1 N–H and O–H groups in total. The molecule has 2 aromatic carbocycles. The molecule has 1 aromatic heterocycles. The number of amides is 1. The van der Waals surface area contributed by atoms with E-state index in [-0.39, 0.29) is 11.7 Å². The number of carbonyl (C=O) groups is 1. The molecule has 3 rings (SSSR count). The SMILES string of the molecule is C=C/C(=C\C=N/C)c1nnc(SCC(=O)Nc2ccccc2)n1-c1ccc(C(F)(F)F)cc1. The van der Waals surface area contributed by atoms with E-state index in [4.69, 9.17) is 0 Å². The van der Waals surface area contributed by atoms with E-state index in [1.165, 1.54) is 12.1 Å². The van der Waals surface area contributed by atoms with Crippen LogP contribution >= 0.6 is 11.8 Å². The van der Waals surface area contributed by atoms with Crippen LogP contribution in [0.4, 0.5) is 18.9 Å².